The molecule has 0 aromatic heterocycles. The number of ketones is 1. The minimum atomic E-state index is -4.80. The van der Waals surface area contributed by atoms with Gasteiger partial charge in [-0.15, -0.1) is 0 Å². The molecule has 0 atom stereocenters. The number of allylic oxidation sites excluding steroid dienone is 2. The highest BCUT2D eigenvalue weighted by Crippen LogP contribution is 2.18. The maximum atomic E-state index is 12.3. The topological polar surface area (TPSA) is 23.6 Å². The first kappa shape index (κ1) is 18.3. The van der Waals surface area contributed by atoms with Crippen LogP contribution in [-0.2, 0) is 4.79 Å². The number of halogens is 3. The fraction of sp³-hybridized carbons (Fsp3) is 0.389. The highest BCUT2D eigenvalue weighted by molar-refractivity contribution is 5.94. The summed E-state index contributed by atoms with van der Waals surface area (Å²) in [5.41, 5.74) is 1.51. The Morgan fingerprint density at radius 1 is 1.12 bits per heavy atom. The van der Waals surface area contributed by atoms with Gasteiger partial charge >= 0.3 is 6.18 Å². The smallest absolute Gasteiger partial charge is 0.372 e. The summed E-state index contributed by atoms with van der Waals surface area (Å²) in [5, 5.41) is 0. The number of carbonyl (C=O) groups excluding carboxylic acids is 1. The van der Waals surface area contributed by atoms with Crippen molar-refractivity contribution in [3.05, 3.63) is 53.7 Å². The molecule has 0 saturated carbocycles. The molecule has 1 fully saturated rings. The predicted molar refractivity (Wildman–Crippen MR) is 88.3 cm³/mol. The molecule has 0 aliphatic carbocycles. The Balaban J connectivity index is 1.80. The van der Waals surface area contributed by atoms with E-state index in [0.717, 1.165) is 25.2 Å². The lowest BCUT2D eigenvalue weighted by Gasteiger charge is -2.36. The van der Waals surface area contributed by atoms with Crippen LogP contribution in [0.15, 0.2) is 48.2 Å². The molecule has 0 unspecified atom stereocenters. The quantitative estimate of drug-likeness (QED) is 0.769. The van der Waals surface area contributed by atoms with Crippen LogP contribution in [0.25, 0.3) is 6.08 Å². The van der Waals surface area contributed by atoms with Crippen LogP contribution in [0.3, 0.4) is 0 Å². The van der Waals surface area contributed by atoms with E-state index in [2.05, 4.69) is 17.1 Å². The molecular formula is C18H21F3N2O. The zero-order valence-corrected chi connectivity index (χ0v) is 13.6. The molecule has 0 radical (unpaired) electrons. The van der Waals surface area contributed by atoms with E-state index < -0.39 is 12.0 Å². The van der Waals surface area contributed by atoms with Crippen LogP contribution in [-0.4, -0.2) is 54.5 Å². The molecule has 1 aromatic carbocycles. The zero-order valence-electron chi connectivity index (χ0n) is 13.6. The van der Waals surface area contributed by atoms with Crippen LogP contribution in [0.4, 0.5) is 13.2 Å². The Hall–Kier alpha value is -2.08. The maximum absolute atomic E-state index is 12.3. The highest BCUT2D eigenvalue weighted by Gasteiger charge is 2.36. The van der Waals surface area contributed by atoms with Gasteiger partial charge in [0, 0.05) is 44.5 Å². The summed E-state index contributed by atoms with van der Waals surface area (Å²) in [7, 11) is 0. The maximum Gasteiger partial charge on any atom is 0.454 e. The predicted octanol–water partition coefficient (Wildman–Crippen LogP) is 3.35. The molecule has 1 aromatic rings. The summed E-state index contributed by atoms with van der Waals surface area (Å²) in [6, 6.07) is 9.99. The summed E-state index contributed by atoms with van der Waals surface area (Å²) >= 11 is 0. The molecular weight excluding hydrogens is 317 g/mol. The number of rotatable bonds is 5. The third-order valence-electron chi connectivity index (χ3n) is 3.96. The normalized spacial score (nSPS) is 17.5. The van der Waals surface area contributed by atoms with Gasteiger partial charge in [0.25, 0.3) is 5.78 Å². The molecule has 2 rings (SSSR count). The number of hydrogen-bond acceptors (Lipinski definition) is 3. The van der Waals surface area contributed by atoms with E-state index in [1.54, 1.807) is 6.92 Å². The lowest BCUT2D eigenvalue weighted by Crippen LogP contribution is -2.45. The van der Waals surface area contributed by atoms with E-state index in [0.29, 0.717) is 24.9 Å². The van der Waals surface area contributed by atoms with Crippen LogP contribution in [0.2, 0.25) is 0 Å². The fourth-order valence-electron chi connectivity index (χ4n) is 2.55. The summed E-state index contributed by atoms with van der Waals surface area (Å²) < 4.78 is 36.9. The third-order valence-corrected chi connectivity index (χ3v) is 3.96. The van der Waals surface area contributed by atoms with Gasteiger partial charge in [0.15, 0.2) is 0 Å². The van der Waals surface area contributed by atoms with E-state index >= 15 is 0 Å². The molecule has 0 bridgehead atoms. The molecule has 6 heteroatoms. The van der Waals surface area contributed by atoms with Gasteiger partial charge in [-0.3, -0.25) is 9.69 Å². The summed E-state index contributed by atoms with van der Waals surface area (Å²) in [4.78, 5) is 15.1. The van der Waals surface area contributed by atoms with Gasteiger partial charge < -0.3 is 4.90 Å². The van der Waals surface area contributed by atoms with Crippen molar-refractivity contribution in [2.24, 2.45) is 0 Å². The third kappa shape index (κ3) is 5.53. The molecule has 1 aliphatic heterocycles. The fourth-order valence-corrected chi connectivity index (χ4v) is 2.55. The molecule has 130 valence electrons. The van der Waals surface area contributed by atoms with Gasteiger partial charge in [0.2, 0.25) is 0 Å². The number of piperazine rings is 1. The molecule has 1 heterocycles. The monoisotopic (exact) mass is 338 g/mol. The Morgan fingerprint density at radius 2 is 1.75 bits per heavy atom. The summed E-state index contributed by atoms with van der Waals surface area (Å²) in [6.07, 6.45) is 0.0245. The van der Waals surface area contributed by atoms with Gasteiger partial charge in [-0.2, -0.15) is 13.2 Å². The molecule has 24 heavy (non-hydrogen) atoms. The second-order valence-electron chi connectivity index (χ2n) is 5.75. The van der Waals surface area contributed by atoms with Crippen molar-refractivity contribution >= 4 is 11.9 Å². The van der Waals surface area contributed by atoms with E-state index in [1.807, 2.05) is 35.2 Å². The molecule has 0 N–H and O–H groups in total. The summed E-state index contributed by atoms with van der Waals surface area (Å²) in [5.74, 6) is -1.80. The molecule has 1 saturated heterocycles. The van der Waals surface area contributed by atoms with Crippen molar-refractivity contribution in [1.82, 2.24) is 9.80 Å². The zero-order chi connectivity index (χ0) is 17.6. The number of nitrogens with zero attached hydrogens (tertiary/aromatic N) is 2. The summed E-state index contributed by atoms with van der Waals surface area (Å²) in [6.45, 7) is 5.09. The second-order valence-corrected chi connectivity index (χ2v) is 5.75. The minimum absolute atomic E-state index is 0.372. The Labute approximate surface area is 140 Å². The van der Waals surface area contributed by atoms with Crippen LogP contribution < -0.4 is 0 Å². The number of hydrogen-bond donors (Lipinski definition) is 0. The second kappa shape index (κ2) is 8.15. The van der Waals surface area contributed by atoms with E-state index in [-0.39, 0.29) is 0 Å². The Morgan fingerprint density at radius 3 is 2.33 bits per heavy atom. The molecule has 1 aliphatic rings. The van der Waals surface area contributed by atoms with Crippen molar-refractivity contribution in [2.45, 2.75) is 13.1 Å². The average molecular weight is 338 g/mol. The lowest BCUT2D eigenvalue weighted by molar-refractivity contribution is -0.165. The van der Waals surface area contributed by atoms with E-state index in [1.165, 1.54) is 0 Å². The van der Waals surface area contributed by atoms with Crippen molar-refractivity contribution in [3.8, 4) is 0 Å². The number of carbonyl (C=O) groups is 1. The largest absolute Gasteiger partial charge is 0.454 e. The van der Waals surface area contributed by atoms with Crippen LogP contribution >= 0.6 is 0 Å². The molecule has 0 amide bonds. The van der Waals surface area contributed by atoms with E-state index in [4.69, 9.17) is 0 Å². The number of alkyl halides is 3. The molecule has 3 nitrogen and oxygen atoms in total. The van der Waals surface area contributed by atoms with Crippen LogP contribution in [0, 0.1) is 0 Å². The first-order chi connectivity index (χ1) is 11.4. The van der Waals surface area contributed by atoms with Crippen molar-refractivity contribution in [2.75, 3.05) is 32.7 Å². The van der Waals surface area contributed by atoms with E-state index in [9.17, 15) is 18.0 Å². The van der Waals surface area contributed by atoms with Gasteiger partial charge in [-0.05, 0) is 12.5 Å². The SMILES string of the molecule is C/C(=C\C(=O)C(F)(F)F)N1CCN(C/C=C/c2ccccc2)CC1. The first-order valence-electron chi connectivity index (χ1n) is 7.84. The van der Waals surface area contributed by atoms with Crippen LogP contribution in [0.5, 0.6) is 0 Å². The van der Waals surface area contributed by atoms with Gasteiger partial charge in [0.1, 0.15) is 0 Å². The average Bonchev–Trinajstić information content (AvgIpc) is 2.55. The first-order valence-corrected chi connectivity index (χ1v) is 7.84. The van der Waals surface area contributed by atoms with Crippen molar-refractivity contribution < 1.29 is 18.0 Å². The molecule has 0 spiro atoms. The lowest BCUT2D eigenvalue weighted by atomic mass is 10.2. The Bertz CT molecular complexity index is 600. The van der Waals surface area contributed by atoms with Crippen molar-refractivity contribution in [1.29, 1.82) is 0 Å². The standard InChI is InChI=1S/C18H21F3N2O/c1-15(14-17(24)18(19,20)21)23-12-10-22(11-13-23)9-5-8-16-6-3-2-4-7-16/h2-8,14H,9-13H2,1H3/b8-5+,15-14+. The van der Waals surface area contributed by atoms with Crippen molar-refractivity contribution in [3.63, 3.8) is 0 Å². The minimum Gasteiger partial charge on any atom is -0.372 e. The number of benzene rings is 1. The van der Waals surface area contributed by atoms with Gasteiger partial charge in [0.05, 0.1) is 0 Å². The van der Waals surface area contributed by atoms with Crippen LogP contribution in [0.1, 0.15) is 12.5 Å². The Kier molecular flexibility index (Phi) is 6.20. The van der Waals surface area contributed by atoms with Gasteiger partial charge in [-0.25, -0.2) is 0 Å². The highest BCUT2D eigenvalue weighted by atomic mass is 19.4. The van der Waals surface area contributed by atoms with Gasteiger partial charge in [-0.1, -0.05) is 42.5 Å².